The van der Waals surface area contributed by atoms with Gasteiger partial charge in [-0.25, -0.2) is 4.68 Å². The maximum Gasteiger partial charge on any atom is 0.291 e. The van der Waals surface area contributed by atoms with E-state index in [1.54, 1.807) is 16.7 Å². The van der Waals surface area contributed by atoms with Gasteiger partial charge in [0.1, 0.15) is 17.4 Å². The zero-order valence-corrected chi connectivity index (χ0v) is 19.5. The highest BCUT2D eigenvalue weighted by atomic mass is 16.3. The van der Waals surface area contributed by atoms with Gasteiger partial charge < -0.3 is 14.2 Å². The molecular weight excluding hydrogens is 418 g/mol. The van der Waals surface area contributed by atoms with Crippen LogP contribution in [0.4, 0.5) is 5.69 Å². The first-order valence-corrected chi connectivity index (χ1v) is 11.5. The number of nitrogens with zero attached hydrogens (tertiary/aromatic N) is 5. The Hall–Kier alpha value is -3.55. The molecule has 3 aromatic heterocycles. The Morgan fingerprint density at radius 1 is 1.09 bits per heavy atom. The van der Waals surface area contributed by atoms with Crippen molar-refractivity contribution in [3.05, 3.63) is 63.9 Å². The summed E-state index contributed by atoms with van der Waals surface area (Å²) in [6.07, 6.45) is 2.09. The van der Waals surface area contributed by atoms with Crippen molar-refractivity contribution in [2.75, 3.05) is 31.1 Å². The third-order valence-corrected chi connectivity index (χ3v) is 6.90. The minimum absolute atomic E-state index is 0.0493. The second-order valence-corrected chi connectivity index (χ2v) is 8.79. The molecule has 1 aliphatic rings. The van der Waals surface area contributed by atoms with E-state index in [0.717, 1.165) is 18.6 Å². The lowest BCUT2D eigenvalue weighted by Crippen LogP contribution is -2.51. The van der Waals surface area contributed by atoms with Gasteiger partial charge >= 0.3 is 0 Å². The van der Waals surface area contributed by atoms with Gasteiger partial charge in [0.05, 0.1) is 11.8 Å². The zero-order chi connectivity index (χ0) is 23.3. The van der Waals surface area contributed by atoms with Crippen molar-refractivity contribution in [1.29, 1.82) is 0 Å². The molecule has 1 aromatic carbocycles. The molecule has 0 saturated carbocycles. The molecular formula is C25H29N5O3. The van der Waals surface area contributed by atoms with Crippen molar-refractivity contribution < 1.29 is 9.21 Å². The molecule has 1 unspecified atom stereocenters. The summed E-state index contributed by atoms with van der Waals surface area (Å²) in [4.78, 5) is 31.0. The third kappa shape index (κ3) is 3.41. The van der Waals surface area contributed by atoms with Crippen LogP contribution in [0.2, 0.25) is 0 Å². The minimum atomic E-state index is -0.630. The predicted molar refractivity (Wildman–Crippen MR) is 128 cm³/mol. The lowest BCUT2D eigenvalue weighted by Gasteiger charge is -2.38. The molecule has 1 amide bonds. The molecule has 172 valence electrons. The number of aromatic nitrogens is 3. The number of piperazine rings is 1. The van der Waals surface area contributed by atoms with Crippen LogP contribution in [0, 0.1) is 20.8 Å². The first-order chi connectivity index (χ1) is 15.9. The van der Waals surface area contributed by atoms with Gasteiger partial charge in [0, 0.05) is 44.0 Å². The van der Waals surface area contributed by atoms with Crippen molar-refractivity contribution in [1.82, 2.24) is 19.1 Å². The minimum Gasteiger partial charge on any atom is -0.463 e. The molecule has 1 aliphatic heterocycles. The number of aryl methyl sites for hydroxylation is 2. The van der Waals surface area contributed by atoms with E-state index in [1.807, 2.05) is 24.8 Å². The Labute approximate surface area is 192 Å². The van der Waals surface area contributed by atoms with Crippen molar-refractivity contribution in [2.45, 2.75) is 40.2 Å². The number of furan rings is 1. The summed E-state index contributed by atoms with van der Waals surface area (Å²) in [7, 11) is 0. The van der Waals surface area contributed by atoms with Gasteiger partial charge in [-0.2, -0.15) is 5.10 Å². The van der Waals surface area contributed by atoms with E-state index in [9.17, 15) is 9.59 Å². The molecule has 4 aromatic rings. The van der Waals surface area contributed by atoms with Crippen LogP contribution in [0.1, 0.15) is 36.3 Å². The van der Waals surface area contributed by atoms with Gasteiger partial charge in [0.25, 0.3) is 5.56 Å². The molecule has 0 bridgehead atoms. The largest absolute Gasteiger partial charge is 0.463 e. The fourth-order valence-electron chi connectivity index (χ4n) is 4.91. The number of anilines is 1. The summed E-state index contributed by atoms with van der Waals surface area (Å²) >= 11 is 0. The molecule has 1 atom stereocenters. The number of fused-ring (bicyclic) bond motifs is 3. The number of hydrogen-bond acceptors (Lipinski definition) is 5. The monoisotopic (exact) mass is 447 g/mol. The molecule has 0 radical (unpaired) electrons. The number of hydrogen-bond donors (Lipinski definition) is 0. The molecule has 1 saturated heterocycles. The first-order valence-electron chi connectivity index (χ1n) is 11.5. The summed E-state index contributed by atoms with van der Waals surface area (Å²) < 4.78 is 8.62. The fraction of sp³-hybridized carbons (Fsp3) is 0.400. The normalized spacial score (nSPS) is 15.5. The Morgan fingerprint density at radius 3 is 2.58 bits per heavy atom. The molecule has 33 heavy (non-hydrogen) atoms. The highest BCUT2D eigenvalue weighted by Crippen LogP contribution is 2.25. The average Bonchev–Trinajstić information content (AvgIpc) is 3.41. The zero-order valence-electron chi connectivity index (χ0n) is 19.5. The molecule has 5 rings (SSSR count). The van der Waals surface area contributed by atoms with Crippen LogP contribution < -0.4 is 10.5 Å². The first kappa shape index (κ1) is 21.3. The van der Waals surface area contributed by atoms with Crippen molar-refractivity contribution in [3.8, 4) is 0 Å². The fourth-order valence-corrected chi connectivity index (χ4v) is 4.91. The van der Waals surface area contributed by atoms with E-state index in [0.29, 0.717) is 36.4 Å². The summed E-state index contributed by atoms with van der Waals surface area (Å²) in [5.74, 6) is 0.596. The Kier molecular flexibility index (Phi) is 5.23. The molecule has 0 spiro atoms. The number of benzene rings is 1. The van der Waals surface area contributed by atoms with Crippen molar-refractivity contribution in [2.24, 2.45) is 0 Å². The summed E-state index contributed by atoms with van der Waals surface area (Å²) in [5.41, 5.74) is 5.42. The topological polar surface area (TPSA) is 76.0 Å². The lowest BCUT2D eigenvalue weighted by molar-refractivity contribution is -0.135. The average molecular weight is 448 g/mol. The van der Waals surface area contributed by atoms with E-state index < -0.39 is 6.04 Å². The number of carbonyl (C=O) groups excluding carboxylic acids is 1. The maximum absolute atomic E-state index is 13.5. The summed E-state index contributed by atoms with van der Waals surface area (Å²) in [6.45, 7) is 10.8. The Balaban J connectivity index is 1.40. The Morgan fingerprint density at radius 2 is 1.85 bits per heavy atom. The van der Waals surface area contributed by atoms with Gasteiger partial charge in [-0.1, -0.05) is 19.1 Å². The van der Waals surface area contributed by atoms with Gasteiger partial charge in [-0.3, -0.25) is 14.0 Å². The third-order valence-electron chi connectivity index (χ3n) is 6.90. The lowest BCUT2D eigenvalue weighted by atomic mass is 10.1. The van der Waals surface area contributed by atoms with Gasteiger partial charge in [0.2, 0.25) is 5.91 Å². The number of amides is 1. The van der Waals surface area contributed by atoms with Crippen LogP contribution in [0.5, 0.6) is 0 Å². The second-order valence-electron chi connectivity index (χ2n) is 8.79. The van der Waals surface area contributed by atoms with Crippen LogP contribution >= 0.6 is 0 Å². The predicted octanol–water partition coefficient (Wildman–Crippen LogP) is 3.47. The molecule has 1 fully saturated rings. The van der Waals surface area contributed by atoms with Crippen LogP contribution in [0.15, 0.2) is 45.8 Å². The Bertz CT molecular complexity index is 1400. The highest BCUT2D eigenvalue weighted by Gasteiger charge is 2.30. The van der Waals surface area contributed by atoms with E-state index in [4.69, 9.17) is 4.42 Å². The molecule has 8 nitrogen and oxygen atoms in total. The van der Waals surface area contributed by atoms with Crippen LogP contribution in [-0.2, 0) is 4.79 Å². The SMILES string of the molecule is CCC(C(=O)N1CCN(c2cccc(C)c2C)CC1)n1nc(C)n2c(cc3occc32)c1=O. The van der Waals surface area contributed by atoms with Gasteiger partial charge in [0.15, 0.2) is 5.58 Å². The summed E-state index contributed by atoms with van der Waals surface area (Å²) in [6, 6.07) is 9.26. The standard InChI is InChI=1S/C25H29N5O3/c1-5-19(30-25(32)22-15-23-21(9-14-33-23)29(22)18(4)26-30)24(31)28-12-10-27(11-13-28)20-8-6-7-16(2)17(20)3/h6-9,14-15,19H,5,10-13H2,1-4H3. The van der Waals surface area contributed by atoms with E-state index in [1.165, 1.54) is 21.5 Å². The van der Waals surface area contributed by atoms with Crippen LogP contribution in [-0.4, -0.2) is 51.2 Å². The van der Waals surface area contributed by atoms with Crippen molar-refractivity contribution in [3.63, 3.8) is 0 Å². The van der Waals surface area contributed by atoms with Gasteiger partial charge in [-0.05, 0) is 44.4 Å². The van der Waals surface area contributed by atoms with E-state index in [2.05, 4.69) is 42.0 Å². The van der Waals surface area contributed by atoms with E-state index >= 15 is 0 Å². The maximum atomic E-state index is 13.5. The number of carbonyl (C=O) groups is 1. The van der Waals surface area contributed by atoms with Crippen LogP contribution in [0.3, 0.4) is 0 Å². The smallest absolute Gasteiger partial charge is 0.291 e. The molecule has 0 N–H and O–H groups in total. The second kappa shape index (κ2) is 8.10. The number of rotatable bonds is 4. The van der Waals surface area contributed by atoms with Crippen LogP contribution in [0.25, 0.3) is 16.6 Å². The molecule has 8 heteroatoms. The van der Waals surface area contributed by atoms with Crippen molar-refractivity contribution >= 4 is 28.2 Å². The van der Waals surface area contributed by atoms with E-state index in [-0.39, 0.29) is 11.5 Å². The molecule has 0 aliphatic carbocycles. The highest BCUT2D eigenvalue weighted by molar-refractivity contribution is 5.83. The molecule has 4 heterocycles. The summed E-state index contributed by atoms with van der Waals surface area (Å²) in [5, 5.41) is 4.54. The quantitative estimate of drug-likeness (QED) is 0.479. The van der Waals surface area contributed by atoms with Gasteiger partial charge in [-0.15, -0.1) is 0 Å².